The molecule has 112 valence electrons. The molecule has 19 heavy (non-hydrogen) atoms. The van der Waals surface area contributed by atoms with Crippen molar-refractivity contribution in [2.24, 2.45) is 10.8 Å². The van der Waals surface area contributed by atoms with Crippen LogP contribution in [0.3, 0.4) is 0 Å². The van der Waals surface area contributed by atoms with E-state index in [1.165, 1.54) is 0 Å². The van der Waals surface area contributed by atoms with Gasteiger partial charge in [0, 0.05) is 31.6 Å². The van der Waals surface area contributed by atoms with Crippen LogP contribution in [0.1, 0.15) is 54.4 Å². The van der Waals surface area contributed by atoms with Gasteiger partial charge in [-0.25, -0.2) is 0 Å². The number of nitrogens with zero attached hydrogens (tertiary/aromatic N) is 2. The van der Waals surface area contributed by atoms with Crippen LogP contribution < -0.4 is 0 Å². The lowest BCUT2D eigenvalue weighted by Gasteiger charge is -2.40. The molecule has 1 aliphatic rings. The molecule has 3 heteroatoms. The lowest BCUT2D eigenvalue weighted by atomic mass is 9.73. The maximum atomic E-state index is 12.7. The van der Waals surface area contributed by atoms with Crippen LogP contribution in [-0.4, -0.2) is 48.4 Å². The summed E-state index contributed by atoms with van der Waals surface area (Å²) in [5.74, 6) is 0.338. The van der Waals surface area contributed by atoms with Gasteiger partial charge in [0.2, 0.25) is 5.91 Å². The third-order valence-corrected chi connectivity index (χ3v) is 4.56. The van der Waals surface area contributed by atoms with Gasteiger partial charge in [-0.1, -0.05) is 48.0 Å². The second-order valence-corrected chi connectivity index (χ2v) is 7.30. The zero-order valence-electron chi connectivity index (χ0n) is 13.8. The van der Waals surface area contributed by atoms with Crippen molar-refractivity contribution in [3.8, 4) is 0 Å². The fourth-order valence-electron chi connectivity index (χ4n) is 3.09. The molecule has 0 aliphatic carbocycles. The molecule has 0 saturated carbocycles. The Morgan fingerprint density at radius 2 is 1.53 bits per heavy atom. The first kappa shape index (κ1) is 16.5. The molecule has 0 radical (unpaired) electrons. The molecule has 0 atom stereocenters. The minimum Gasteiger partial charge on any atom is -0.340 e. The van der Waals surface area contributed by atoms with Gasteiger partial charge in [-0.2, -0.15) is 0 Å². The monoisotopic (exact) mass is 268 g/mol. The van der Waals surface area contributed by atoms with Crippen molar-refractivity contribution in [2.45, 2.75) is 54.4 Å². The first-order chi connectivity index (χ1) is 8.72. The minimum absolute atomic E-state index is 0.240. The van der Waals surface area contributed by atoms with Gasteiger partial charge in [0.1, 0.15) is 0 Å². The van der Waals surface area contributed by atoms with E-state index in [0.29, 0.717) is 5.91 Å². The van der Waals surface area contributed by atoms with Crippen LogP contribution in [0.4, 0.5) is 0 Å². The molecule has 1 fully saturated rings. The van der Waals surface area contributed by atoms with Gasteiger partial charge in [0.05, 0.1) is 0 Å². The Labute approximate surface area is 119 Å². The molecule has 0 bridgehead atoms. The van der Waals surface area contributed by atoms with E-state index in [1.54, 1.807) is 0 Å². The second-order valence-electron chi connectivity index (χ2n) is 7.30. The van der Waals surface area contributed by atoms with Gasteiger partial charge in [0.25, 0.3) is 0 Å². The van der Waals surface area contributed by atoms with Crippen LogP contribution in [-0.2, 0) is 4.79 Å². The second kappa shape index (κ2) is 6.25. The Balaban J connectivity index is 2.61. The summed E-state index contributed by atoms with van der Waals surface area (Å²) in [7, 11) is 0. The van der Waals surface area contributed by atoms with Crippen molar-refractivity contribution in [2.75, 3.05) is 32.7 Å². The fraction of sp³-hybridized carbons (Fsp3) is 0.938. The third kappa shape index (κ3) is 4.48. The highest BCUT2D eigenvalue weighted by Gasteiger charge is 2.37. The van der Waals surface area contributed by atoms with Crippen LogP contribution in [0.25, 0.3) is 0 Å². The smallest absolute Gasteiger partial charge is 0.228 e. The van der Waals surface area contributed by atoms with E-state index in [0.717, 1.165) is 45.6 Å². The zero-order valence-corrected chi connectivity index (χ0v) is 13.8. The van der Waals surface area contributed by atoms with Crippen molar-refractivity contribution in [1.29, 1.82) is 0 Å². The molecular weight excluding hydrogens is 236 g/mol. The Morgan fingerprint density at radius 3 is 1.95 bits per heavy atom. The lowest BCUT2D eigenvalue weighted by molar-refractivity contribution is -0.143. The van der Waals surface area contributed by atoms with Gasteiger partial charge >= 0.3 is 0 Å². The molecule has 0 spiro atoms. The first-order valence-corrected chi connectivity index (χ1v) is 7.73. The summed E-state index contributed by atoms with van der Waals surface area (Å²) in [6, 6.07) is 0. The number of piperazine rings is 1. The lowest BCUT2D eigenvalue weighted by Crippen LogP contribution is -2.52. The molecule has 1 heterocycles. The van der Waals surface area contributed by atoms with Crippen molar-refractivity contribution in [1.82, 2.24) is 9.80 Å². The molecule has 3 nitrogen and oxygen atoms in total. The Kier molecular flexibility index (Phi) is 5.43. The van der Waals surface area contributed by atoms with E-state index in [2.05, 4.69) is 51.3 Å². The number of amides is 1. The number of carbonyl (C=O) groups excluding carboxylic acids is 1. The molecule has 0 aromatic carbocycles. The summed E-state index contributed by atoms with van der Waals surface area (Å²) in [5, 5.41) is 0. The molecule has 1 rings (SSSR count). The van der Waals surface area contributed by atoms with Crippen LogP contribution in [0, 0.1) is 10.8 Å². The summed E-state index contributed by atoms with van der Waals surface area (Å²) in [6.07, 6.45) is 2.08. The quantitative estimate of drug-likeness (QED) is 0.765. The fourth-order valence-corrected chi connectivity index (χ4v) is 3.09. The number of rotatable bonds is 5. The van der Waals surface area contributed by atoms with Crippen LogP contribution in [0.15, 0.2) is 0 Å². The standard InChI is InChI=1S/C16H32N2O/c1-7-15(3,4)13-16(5,6)14(19)18-11-9-17(8-2)10-12-18/h7-13H2,1-6H3. The SMILES string of the molecule is CCN1CCN(C(=O)C(C)(C)CC(C)(C)CC)CC1. The Morgan fingerprint density at radius 1 is 1.00 bits per heavy atom. The molecule has 1 amide bonds. The highest BCUT2D eigenvalue weighted by Crippen LogP contribution is 2.37. The molecular formula is C16H32N2O. The van der Waals surface area contributed by atoms with Crippen LogP contribution >= 0.6 is 0 Å². The molecule has 1 saturated heterocycles. The maximum absolute atomic E-state index is 12.7. The van der Waals surface area contributed by atoms with E-state index in [4.69, 9.17) is 0 Å². The number of hydrogen-bond acceptors (Lipinski definition) is 2. The Bertz CT molecular complexity index is 302. The van der Waals surface area contributed by atoms with Gasteiger partial charge < -0.3 is 9.80 Å². The summed E-state index contributed by atoms with van der Waals surface area (Å²) in [4.78, 5) is 17.2. The summed E-state index contributed by atoms with van der Waals surface area (Å²) in [6.45, 7) is 18.1. The molecule has 1 aliphatic heterocycles. The van der Waals surface area contributed by atoms with Gasteiger partial charge in [-0.3, -0.25) is 4.79 Å². The van der Waals surface area contributed by atoms with E-state index in [1.807, 2.05) is 0 Å². The first-order valence-electron chi connectivity index (χ1n) is 7.73. The molecule has 0 aromatic heterocycles. The van der Waals surface area contributed by atoms with Gasteiger partial charge in [0.15, 0.2) is 0 Å². The summed E-state index contributed by atoms with van der Waals surface area (Å²) < 4.78 is 0. The third-order valence-electron chi connectivity index (χ3n) is 4.56. The van der Waals surface area contributed by atoms with E-state index < -0.39 is 0 Å². The number of carbonyl (C=O) groups is 1. The Hall–Kier alpha value is -0.570. The highest BCUT2D eigenvalue weighted by atomic mass is 16.2. The minimum atomic E-state index is -0.242. The van der Waals surface area contributed by atoms with Crippen molar-refractivity contribution < 1.29 is 4.79 Å². The summed E-state index contributed by atoms with van der Waals surface area (Å²) in [5.41, 5.74) is -0.00169. The normalized spacial score (nSPS) is 18.7. The summed E-state index contributed by atoms with van der Waals surface area (Å²) >= 11 is 0. The van der Waals surface area contributed by atoms with Crippen LogP contribution in [0.2, 0.25) is 0 Å². The van der Waals surface area contributed by atoms with E-state index in [-0.39, 0.29) is 10.8 Å². The average molecular weight is 268 g/mol. The van der Waals surface area contributed by atoms with E-state index >= 15 is 0 Å². The van der Waals surface area contributed by atoms with Gasteiger partial charge in [-0.05, 0) is 18.4 Å². The predicted molar refractivity (Wildman–Crippen MR) is 81.2 cm³/mol. The van der Waals surface area contributed by atoms with Crippen LogP contribution in [0.5, 0.6) is 0 Å². The largest absolute Gasteiger partial charge is 0.340 e. The molecule has 0 N–H and O–H groups in total. The molecule has 0 unspecified atom stereocenters. The maximum Gasteiger partial charge on any atom is 0.228 e. The van der Waals surface area contributed by atoms with Gasteiger partial charge in [-0.15, -0.1) is 0 Å². The van der Waals surface area contributed by atoms with E-state index in [9.17, 15) is 4.79 Å². The average Bonchev–Trinajstić information content (AvgIpc) is 2.37. The number of hydrogen-bond donors (Lipinski definition) is 0. The number of likely N-dealkylation sites (N-methyl/N-ethyl adjacent to an activating group) is 1. The molecule has 0 aromatic rings. The highest BCUT2D eigenvalue weighted by molar-refractivity contribution is 5.82. The van der Waals surface area contributed by atoms with Crippen molar-refractivity contribution >= 4 is 5.91 Å². The van der Waals surface area contributed by atoms with Crippen molar-refractivity contribution in [3.05, 3.63) is 0 Å². The topological polar surface area (TPSA) is 23.6 Å². The zero-order chi connectivity index (χ0) is 14.7. The van der Waals surface area contributed by atoms with Crippen molar-refractivity contribution in [3.63, 3.8) is 0 Å². The predicted octanol–water partition coefficient (Wildman–Crippen LogP) is 3.00.